The summed E-state index contributed by atoms with van der Waals surface area (Å²) < 4.78 is 0. The van der Waals surface area contributed by atoms with E-state index >= 15 is 0 Å². The Balaban J connectivity index is 1.69. The van der Waals surface area contributed by atoms with Crippen LogP contribution in [0.25, 0.3) is 22.2 Å². The molecule has 4 rings (SSSR count). The average molecular weight is 347 g/mol. The minimum absolute atomic E-state index is 0.186. The molecule has 0 aliphatic heterocycles. The van der Waals surface area contributed by atoms with Crippen LogP contribution in [0.2, 0.25) is 0 Å². The van der Waals surface area contributed by atoms with E-state index < -0.39 is 5.60 Å². The van der Waals surface area contributed by atoms with E-state index in [9.17, 15) is 9.90 Å². The van der Waals surface area contributed by atoms with Gasteiger partial charge in [-0.1, -0.05) is 31.0 Å². The van der Waals surface area contributed by atoms with E-state index in [1.165, 1.54) is 0 Å². The van der Waals surface area contributed by atoms with Crippen LogP contribution in [0.5, 0.6) is 0 Å². The van der Waals surface area contributed by atoms with Gasteiger partial charge in [0.05, 0.1) is 22.4 Å². The Labute approximate surface area is 152 Å². The zero-order valence-electron chi connectivity index (χ0n) is 14.5. The van der Waals surface area contributed by atoms with Crippen LogP contribution >= 0.6 is 0 Å². The Bertz CT molecular complexity index is 934. The Hall–Kier alpha value is -2.79. The highest BCUT2D eigenvalue weighted by Gasteiger charge is 2.31. The summed E-state index contributed by atoms with van der Waals surface area (Å²) in [5, 5.41) is 14.2. The number of carbonyl (C=O) groups is 1. The number of hydrogen-bond donors (Lipinski definition) is 2. The molecule has 0 atom stereocenters. The number of aromatic nitrogens is 2. The van der Waals surface area contributed by atoms with Gasteiger partial charge in [0.25, 0.3) is 5.91 Å². The minimum atomic E-state index is -0.773. The number of nitrogens with one attached hydrogen (secondary N) is 1. The quantitative estimate of drug-likeness (QED) is 0.759. The smallest absolute Gasteiger partial charge is 0.252 e. The summed E-state index contributed by atoms with van der Waals surface area (Å²) >= 11 is 0. The lowest BCUT2D eigenvalue weighted by Gasteiger charge is -2.22. The molecular weight excluding hydrogens is 326 g/mol. The summed E-state index contributed by atoms with van der Waals surface area (Å²) in [7, 11) is 0. The highest BCUT2D eigenvalue weighted by atomic mass is 16.3. The molecule has 1 aliphatic rings. The fraction of sp³-hybridized carbons (Fsp3) is 0.286. The van der Waals surface area contributed by atoms with Gasteiger partial charge in [-0.2, -0.15) is 0 Å². The summed E-state index contributed by atoms with van der Waals surface area (Å²) in [4.78, 5) is 21.7. The van der Waals surface area contributed by atoms with Gasteiger partial charge in [0.15, 0.2) is 0 Å². The van der Waals surface area contributed by atoms with Crippen LogP contribution < -0.4 is 5.32 Å². The molecule has 1 amide bonds. The molecule has 1 aliphatic carbocycles. The van der Waals surface area contributed by atoms with Gasteiger partial charge in [0.2, 0.25) is 0 Å². The third-order valence-electron chi connectivity index (χ3n) is 5.03. The van der Waals surface area contributed by atoms with Crippen molar-refractivity contribution in [3.05, 3.63) is 60.4 Å². The van der Waals surface area contributed by atoms with E-state index in [1.54, 1.807) is 18.5 Å². The van der Waals surface area contributed by atoms with Crippen molar-refractivity contribution in [2.24, 2.45) is 0 Å². The molecule has 0 spiro atoms. The molecule has 0 radical (unpaired) electrons. The molecule has 2 heterocycles. The summed E-state index contributed by atoms with van der Waals surface area (Å²) in [6, 6.07) is 13.2. The van der Waals surface area contributed by atoms with Crippen LogP contribution in [0, 0.1) is 0 Å². The third-order valence-corrected chi connectivity index (χ3v) is 5.03. The first-order valence-corrected chi connectivity index (χ1v) is 8.95. The van der Waals surface area contributed by atoms with Crippen LogP contribution in [0.4, 0.5) is 0 Å². The predicted molar refractivity (Wildman–Crippen MR) is 101 cm³/mol. The van der Waals surface area contributed by atoms with Crippen molar-refractivity contribution in [1.82, 2.24) is 15.3 Å². The van der Waals surface area contributed by atoms with E-state index in [4.69, 9.17) is 0 Å². The zero-order valence-corrected chi connectivity index (χ0v) is 14.5. The first-order chi connectivity index (χ1) is 12.6. The van der Waals surface area contributed by atoms with Gasteiger partial charge in [0, 0.05) is 29.9 Å². The molecule has 0 saturated heterocycles. The van der Waals surface area contributed by atoms with Crippen molar-refractivity contribution >= 4 is 16.8 Å². The van der Waals surface area contributed by atoms with Gasteiger partial charge >= 0.3 is 0 Å². The molecule has 5 nitrogen and oxygen atoms in total. The molecule has 1 saturated carbocycles. The standard InChI is InChI=1S/C21H21N3O2/c25-20(23-14-21(26)9-3-4-10-21)17-12-19(15-6-5-11-22-13-15)24-18-8-2-1-7-16(17)18/h1-2,5-8,11-13,26H,3-4,9-10,14H2,(H,23,25). The number of rotatable bonds is 4. The number of carbonyl (C=O) groups excluding carboxylic acids is 1. The number of nitrogens with zero attached hydrogens (tertiary/aromatic N) is 2. The number of pyridine rings is 2. The number of fused-ring (bicyclic) bond motifs is 1. The Kier molecular flexibility index (Phi) is 4.39. The maximum atomic E-state index is 12.9. The van der Waals surface area contributed by atoms with Gasteiger partial charge in [-0.15, -0.1) is 0 Å². The fourth-order valence-corrected chi connectivity index (χ4v) is 3.58. The Morgan fingerprint density at radius 2 is 1.96 bits per heavy atom. The van der Waals surface area contributed by atoms with E-state index in [1.807, 2.05) is 36.4 Å². The van der Waals surface area contributed by atoms with Gasteiger partial charge in [-0.3, -0.25) is 9.78 Å². The van der Waals surface area contributed by atoms with E-state index in [0.29, 0.717) is 11.3 Å². The van der Waals surface area contributed by atoms with Crippen LogP contribution in [-0.4, -0.2) is 33.1 Å². The summed E-state index contributed by atoms with van der Waals surface area (Å²) in [5.74, 6) is -0.186. The van der Waals surface area contributed by atoms with Gasteiger partial charge in [0.1, 0.15) is 0 Å². The molecule has 2 aromatic heterocycles. The number of para-hydroxylation sites is 1. The first kappa shape index (κ1) is 16.7. The molecule has 2 N–H and O–H groups in total. The molecule has 5 heteroatoms. The van der Waals surface area contributed by atoms with Crippen molar-refractivity contribution in [3.63, 3.8) is 0 Å². The lowest BCUT2D eigenvalue weighted by molar-refractivity contribution is 0.0450. The summed E-state index contributed by atoms with van der Waals surface area (Å²) in [5.41, 5.74) is 2.13. The maximum absolute atomic E-state index is 12.9. The van der Waals surface area contributed by atoms with Gasteiger partial charge < -0.3 is 10.4 Å². The van der Waals surface area contributed by atoms with Crippen LogP contribution in [-0.2, 0) is 0 Å². The molecule has 0 unspecified atom stereocenters. The lowest BCUT2D eigenvalue weighted by atomic mass is 10.0. The second kappa shape index (κ2) is 6.84. The zero-order chi connectivity index (χ0) is 18.0. The van der Waals surface area contributed by atoms with Crippen molar-refractivity contribution in [2.45, 2.75) is 31.3 Å². The SMILES string of the molecule is O=C(NCC1(O)CCCC1)c1cc(-c2cccnc2)nc2ccccc12. The number of aliphatic hydroxyl groups is 1. The second-order valence-electron chi connectivity index (χ2n) is 6.93. The average Bonchev–Trinajstić information content (AvgIpc) is 3.13. The second-order valence-corrected chi connectivity index (χ2v) is 6.93. The number of hydrogen-bond acceptors (Lipinski definition) is 4. The fourth-order valence-electron chi connectivity index (χ4n) is 3.58. The minimum Gasteiger partial charge on any atom is -0.388 e. The molecule has 0 bridgehead atoms. The van der Waals surface area contributed by atoms with Gasteiger partial charge in [-0.25, -0.2) is 4.98 Å². The van der Waals surface area contributed by atoms with Crippen molar-refractivity contribution in [2.75, 3.05) is 6.54 Å². The monoisotopic (exact) mass is 347 g/mol. The van der Waals surface area contributed by atoms with Crippen molar-refractivity contribution < 1.29 is 9.90 Å². The largest absolute Gasteiger partial charge is 0.388 e. The Morgan fingerprint density at radius 3 is 2.73 bits per heavy atom. The van der Waals surface area contributed by atoms with Crippen LogP contribution in [0.15, 0.2) is 54.9 Å². The molecule has 1 aromatic carbocycles. The van der Waals surface area contributed by atoms with E-state index in [2.05, 4.69) is 15.3 Å². The molecular formula is C21H21N3O2. The van der Waals surface area contributed by atoms with Crippen LogP contribution in [0.1, 0.15) is 36.0 Å². The molecule has 26 heavy (non-hydrogen) atoms. The lowest BCUT2D eigenvalue weighted by Crippen LogP contribution is -2.40. The van der Waals surface area contributed by atoms with Crippen molar-refractivity contribution in [3.8, 4) is 11.3 Å². The number of benzene rings is 1. The normalized spacial score (nSPS) is 15.9. The molecule has 3 aromatic rings. The first-order valence-electron chi connectivity index (χ1n) is 8.95. The highest BCUT2D eigenvalue weighted by molar-refractivity contribution is 6.07. The third kappa shape index (κ3) is 3.30. The summed E-state index contributed by atoms with van der Waals surface area (Å²) in [6.07, 6.45) is 6.95. The predicted octanol–water partition coefficient (Wildman–Crippen LogP) is 3.33. The van der Waals surface area contributed by atoms with E-state index in [-0.39, 0.29) is 12.5 Å². The molecule has 1 fully saturated rings. The number of amides is 1. The van der Waals surface area contributed by atoms with Gasteiger partial charge in [-0.05, 0) is 37.1 Å². The maximum Gasteiger partial charge on any atom is 0.252 e. The Morgan fingerprint density at radius 1 is 1.15 bits per heavy atom. The van der Waals surface area contributed by atoms with E-state index in [0.717, 1.165) is 42.1 Å². The van der Waals surface area contributed by atoms with Crippen LogP contribution in [0.3, 0.4) is 0 Å². The summed E-state index contributed by atoms with van der Waals surface area (Å²) in [6.45, 7) is 0.282. The topological polar surface area (TPSA) is 75.1 Å². The molecule has 132 valence electrons. The van der Waals surface area contributed by atoms with Crippen molar-refractivity contribution in [1.29, 1.82) is 0 Å². The highest BCUT2D eigenvalue weighted by Crippen LogP contribution is 2.29.